The molecule has 2 aliphatic rings. The van der Waals surface area contributed by atoms with Crippen molar-refractivity contribution >= 4 is 56.5 Å². The number of hydrogen-bond donors (Lipinski definition) is 2. The van der Waals surface area contributed by atoms with Crippen molar-refractivity contribution in [2.75, 3.05) is 74.2 Å². The van der Waals surface area contributed by atoms with Crippen LogP contribution in [0.3, 0.4) is 0 Å². The Balaban J connectivity index is 1.10. The van der Waals surface area contributed by atoms with Crippen molar-refractivity contribution in [2.24, 2.45) is 0 Å². The van der Waals surface area contributed by atoms with Gasteiger partial charge in [0.2, 0.25) is 0 Å². The van der Waals surface area contributed by atoms with E-state index in [1.807, 2.05) is 87.4 Å². The Labute approximate surface area is 338 Å². The molecule has 2 saturated heterocycles. The fourth-order valence-corrected chi connectivity index (χ4v) is 9.05. The first-order chi connectivity index (χ1) is 27.2. The number of ether oxygens (including phenoxy) is 1. The monoisotopic (exact) mass is 815 g/mol. The molecule has 2 aliphatic heterocycles. The third-order valence-corrected chi connectivity index (χ3v) is 12.4. The number of nitrogens with zero attached hydrogens (tertiary/aromatic N) is 5. The number of anilines is 3. The molecule has 57 heavy (non-hydrogen) atoms. The Bertz CT molecular complexity index is 2160. The second-order valence-electron chi connectivity index (χ2n) is 15.1. The van der Waals surface area contributed by atoms with Crippen molar-refractivity contribution in [1.82, 2.24) is 14.5 Å². The Kier molecular flexibility index (Phi) is 13.1. The SMILES string of the molecule is CN(C)CC[C@H](CSc1ccccc1)Nc1c([N+](=O)[O-])cccc1S(=O)(=O)NC(=O)c1ccc(N2CCN(Cc3ccccc3N3CC(C)(C)OC3=O)CC2)cc1. The second-order valence-corrected chi connectivity index (χ2v) is 17.8. The van der Waals surface area contributed by atoms with Gasteiger partial charge in [-0.25, -0.2) is 17.9 Å². The van der Waals surface area contributed by atoms with Gasteiger partial charge in [-0.15, -0.1) is 11.8 Å². The van der Waals surface area contributed by atoms with Crippen LogP contribution in [0.4, 0.5) is 27.5 Å². The van der Waals surface area contributed by atoms with Gasteiger partial charge in [0, 0.05) is 66.7 Å². The van der Waals surface area contributed by atoms with Gasteiger partial charge >= 0.3 is 6.09 Å². The highest BCUT2D eigenvalue weighted by Crippen LogP contribution is 2.34. The predicted octanol–water partition coefficient (Wildman–Crippen LogP) is 6.30. The number of rotatable bonds is 16. The van der Waals surface area contributed by atoms with E-state index in [2.05, 4.69) is 19.8 Å². The van der Waals surface area contributed by atoms with Crippen molar-refractivity contribution in [2.45, 2.75) is 48.2 Å². The summed E-state index contributed by atoms with van der Waals surface area (Å²) in [5, 5.41) is 15.3. The van der Waals surface area contributed by atoms with E-state index in [-0.39, 0.29) is 28.3 Å². The molecule has 2 heterocycles. The molecule has 0 bridgehead atoms. The number of carbonyl (C=O) groups excluding carboxylic acids is 2. The predicted molar refractivity (Wildman–Crippen MR) is 224 cm³/mol. The number of hydrogen-bond acceptors (Lipinski definition) is 12. The number of nitro groups is 1. The van der Waals surface area contributed by atoms with Crippen LogP contribution in [-0.2, 0) is 21.3 Å². The van der Waals surface area contributed by atoms with Crippen LogP contribution in [0.15, 0.2) is 107 Å². The lowest BCUT2D eigenvalue weighted by Crippen LogP contribution is -2.46. The van der Waals surface area contributed by atoms with Crippen molar-refractivity contribution in [1.29, 1.82) is 0 Å². The lowest BCUT2D eigenvalue weighted by molar-refractivity contribution is -0.384. The Hall–Kier alpha value is -5.16. The summed E-state index contributed by atoms with van der Waals surface area (Å²) in [6, 6.07) is 27.8. The van der Waals surface area contributed by atoms with Crippen LogP contribution < -0.4 is 19.8 Å². The van der Waals surface area contributed by atoms with Crippen molar-refractivity contribution in [3.8, 4) is 0 Å². The molecular formula is C41H49N7O7S2. The molecule has 16 heteroatoms. The van der Waals surface area contributed by atoms with E-state index in [1.165, 1.54) is 18.2 Å². The number of carbonyl (C=O) groups is 2. The zero-order chi connectivity index (χ0) is 40.7. The minimum absolute atomic E-state index is 0.129. The first-order valence-corrected chi connectivity index (χ1v) is 21.3. The number of nitrogens with one attached hydrogen (secondary N) is 2. The summed E-state index contributed by atoms with van der Waals surface area (Å²) in [6.07, 6.45) is 0.238. The molecule has 0 saturated carbocycles. The highest BCUT2D eigenvalue weighted by atomic mass is 32.2. The number of amides is 2. The molecule has 6 rings (SSSR count). The second kappa shape index (κ2) is 18.0. The van der Waals surface area contributed by atoms with E-state index in [9.17, 15) is 28.1 Å². The zero-order valence-electron chi connectivity index (χ0n) is 32.6. The summed E-state index contributed by atoms with van der Waals surface area (Å²) in [6.45, 7) is 8.60. The van der Waals surface area contributed by atoms with Gasteiger partial charge < -0.3 is 19.9 Å². The molecule has 14 nitrogen and oxygen atoms in total. The highest BCUT2D eigenvalue weighted by Gasteiger charge is 2.39. The van der Waals surface area contributed by atoms with Gasteiger partial charge in [0.1, 0.15) is 16.2 Å². The maximum absolute atomic E-state index is 13.8. The molecule has 0 radical (unpaired) electrons. The molecular weight excluding hydrogens is 767 g/mol. The number of piperazine rings is 1. The van der Waals surface area contributed by atoms with Crippen molar-refractivity contribution < 1.29 is 27.7 Å². The van der Waals surface area contributed by atoms with Crippen LogP contribution >= 0.6 is 11.8 Å². The standard InChI is InChI=1S/C41H49N7O7S2/c1-41(2)29-47(40(50)55-41)35-14-9-8-11-31(35)27-45-23-25-46(26-24-45)33-19-17-30(18-20-33)39(49)43-57(53,54)37-16-10-15-36(48(51)52)38(37)42-32(21-22-44(3)4)28-56-34-12-6-5-7-13-34/h5-20,32,42H,21-29H2,1-4H3,(H,43,49)/t32-/m1/s1. The quantitative estimate of drug-likeness (QED) is 0.0741. The first kappa shape index (κ1) is 41.5. The van der Waals surface area contributed by atoms with Crippen molar-refractivity contribution in [3.05, 3.63) is 118 Å². The fraction of sp³-hybridized carbons (Fsp3) is 0.366. The molecule has 1 atom stereocenters. The number of cyclic esters (lactones) is 1. The molecule has 4 aromatic carbocycles. The molecule has 0 aliphatic carbocycles. The summed E-state index contributed by atoms with van der Waals surface area (Å²) >= 11 is 1.56. The summed E-state index contributed by atoms with van der Waals surface area (Å²) in [7, 11) is -0.705. The molecule has 0 spiro atoms. The van der Waals surface area contributed by atoms with E-state index in [1.54, 1.807) is 40.9 Å². The van der Waals surface area contributed by atoms with Crippen LogP contribution in [0.1, 0.15) is 36.2 Å². The number of sulfonamides is 1. The Morgan fingerprint density at radius 1 is 0.947 bits per heavy atom. The molecule has 302 valence electrons. The Morgan fingerprint density at radius 2 is 1.63 bits per heavy atom. The fourth-order valence-electron chi connectivity index (χ4n) is 6.89. The number of benzene rings is 4. The van der Waals surface area contributed by atoms with Crippen LogP contribution in [0.5, 0.6) is 0 Å². The minimum atomic E-state index is -4.55. The van der Waals surface area contributed by atoms with Gasteiger partial charge in [-0.3, -0.25) is 24.7 Å². The van der Waals surface area contributed by atoms with Gasteiger partial charge in [-0.1, -0.05) is 42.5 Å². The van der Waals surface area contributed by atoms with E-state index < -0.39 is 32.1 Å². The average molecular weight is 816 g/mol. The number of para-hydroxylation sites is 2. The van der Waals surface area contributed by atoms with Gasteiger partial charge in [0.05, 0.1) is 17.2 Å². The minimum Gasteiger partial charge on any atom is -0.441 e. The first-order valence-electron chi connectivity index (χ1n) is 18.8. The van der Waals surface area contributed by atoms with Crippen molar-refractivity contribution in [3.63, 3.8) is 0 Å². The van der Waals surface area contributed by atoms with E-state index in [0.717, 1.165) is 48.0 Å². The summed E-state index contributed by atoms with van der Waals surface area (Å²) in [5.74, 6) is -0.336. The molecule has 4 aromatic rings. The van der Waals surface area contributed by atoms with E-state index in [0.29, 0.717) is 31.8 Å². The summed E-state index contributed by atoms with van der Waals surface area (Å²) in [5.41, 5.74) is 1.80. The summed E-state index contributed by atoms with van der Waals surface area (Å²) < 4.78 is 35.3. The highest BCUT2D eigenvalue weighted by molar-refractivity contribution is 7.99. The number of thioether (sulfide) groups is 1. The molecule has 0 aromatic heterocycles. The van der Waals surface area contributed by atoms with Gasteiger partial charge in [0.15, 0.2) is 0 Å². The maximum atomic E-state index is 13.8. The van der Waals surface area contributed by atoms with Gasteiger partial charge in [0.25, 0.3) is 21.6 Å². The van der Waals surface area contributed by atoms with E-state index in [4.69, 9.17) is 4.74 Å². The lowest BCUT2D eigenvalue weighted by atomic mass is 10.1. The Morgan fingerprint density at radius 3 is 2.28 bits per heavy atom. The average Bonchev–Trinajstić information content (AvgIpc) is 3.47. The van der Waals surface area contributed by atoms with Gasteiger partial charge in [-0.05, 0) is 95.0 Å². The normalized spacial score (nSPS) is 16.3. The smallest absolute Gasteiger partial charge is 0.415 e. The number of nitro benzene ring substituents is 1. The lowest BCUT2D eigenvalue weighted by Gasteiger charge is -2.36. The third-order valence-electron chi connectivity index (χ3n) is 9.85. The van der Waals surface area contributed by atoms with Crippen LogP contribution in [-0.4, -0.2) is 106 Å². The van der Waals surface area contributed by atoms with Crippen LogP contribution in [0, 0.1) is 10.1 Å². The summed E-state index contributed by atoms with van der Waals surface area (Å²) in [4.78, 5) is 46.4. The van der Waals surface area contributed by atoms with Crippen LogP contribution in [0.25, 0.3) is 0 Å². The zero-order valence-corrected chi connectivity index (χ0v) is 34.2. The largest absolute Gasteiger partial charge is 0.441 e. The van der Waals surface area contributed by atoms with Gasteiger partial charge in [-0.2, -0.15) is 0 Å². The molecule has 0 unspecified atom stereocenters. The molecule has 2 N–H and O–H groups in total. The maximum Gasteiger partial charge on any atom is 0.415 e. The molecule has 2 fully saturated rings. The molecule has 2 amide bonds. The third kappa shape index (κ3) is 10.6. The topological polar surface area (TPSA) is 158 Å². The van der Waals surface area contributed by atoms with Crippen LogP contribution in [0.2, 0.25) is 0 Å². The van der Waals surface area contributed by atoms with E-state index >= 15 is 0 Å².